The molecule has 1 fully saturated rings. The van der Waals surface area contributed by atoms with E-state index >= 15 is 0 Å². The van der Waals surface area contributed by atoms with Crippen molar-refractivity contribution < 1.29 is 0 Å². The van der Waals surface area contributed by atoms with Gasteiger partial charge in [0, 0.05) is 6.04 Å². The van der Waals surface area contributed by atoms with E-state index in [1.165, 1.54) is 57.8 Å². The first-order chi connectivity index (χ1) is 6.33. The summed E-state index contributed by atoms with van der Waals surface area (Å²) in [7, 11) is 0. The molecular formula is C12H25N. The lowest BCUT2D eigenvalue weighted by Gasteiger charge is -2.12. The zero-order chi connectivity index (χ0) is 9.52. The fourth-order valence-electron chi connectivity index (χ4n) is 2.48. The Morgan fingerprint density at radius 3 is 2.54 bits per heavy atom. The third-order valence-corrected chi connectivity index (χ3v) is 3.32. The van der Waals surface area contributed by atoms with Gasteiger partial charge in [-0.05, 0) is 18.8 Å². The molecule has 0 aliphatic heterocycles. The molecule has 0 amide bonds. The van der Waals surface area contributed by atoms with Crippen LogP contribution in [0.5, 0.6) is 0 Å². The Hall–Kier alpha value is -0.0400. The van der Waals surface area contributed by atoms with Gasteiger partial charge in [0.2, 0.25) is 0 Å². The number of hydrogen-bond acceptors (Lipinski definition) is 1. The maximum Gasteiger partial charge on any atom is 0.00387 e. The summed E-state index contributed by atoms with van der Waals surface area (Å²) >= 11 is 0. The lowest BCUT2D eigenvalue weighted by atomic mass is 9.97. The Kier molecular flexibility index (Phi) is 5.45. The van der Waals surface area contributed by atoms with Gasteiger partial charge in [-0.25, -0.2) is 0 Å². The second-order valence-corrected chi connectivity index (χ2v) is 4.63. The van der Waals surface area contributed by atoms with Crippen molar-refractivity contribution in [2.45, 2.75) is 70.8 Å². The van der Waals surface area contributed by atoms with Crippen LogP contribution in [-0.4, -0.2) is 6.04 Å². The predicted octanol–water partition coefficient (Wildman–Crippen LogP) is 3.47. The van der Waals surface area contributed by atoms with E-state index < -0.39 is 0 Å². The van der Waals surface area contributed by atoms with Crippen molar-refractivity contribution in [1.82, 2.24) is 0 Å². The van der Waals surface area contributed by atoms with Crippen molar-refractivity contribution in [1.29, 1.82) is 0 Å². The highest BCUT2D eigenvalue weighted by atomic mass is 14.6. The molecule has 1 saturated carbocycles. The summed E-state index contributed by atoms with van der Waals surface area (Å²) in [6.07, 6.45) is 12.5. The highest BCUT2D eigenvalue weighted by molar-refractivity contribution is 4.69. The summed E-state index contributed by atoms with van der Waals surface area (Å²) in [6.45, 7) is 2.22. The third kappa shape index (κ3) is 4.66. The Balaban J connectivity index is 1.93. The van der Waals surface area contributed by atoms with Crippen LogP contribution in [0.3, 0.4) is 0 Å². The SMILES string of the molecule is CCCC(N)CCCC1CCCC1. The first-order valence-electron chi connectivity index (χ1n) is 6.08. The smallest absolute Gasteiger partial charge is 0.00387 e. The molecule has 2 N–H and O–H groups in total. The van der Waals surface area contributed by atoms with Crippen LogP contribution in [0, 0.1) is 5.92 Å². The van der Waals surface area contributed by atoms with Crippen molar-refractivity contribution in [2.24, 2.45) is 11.7 Å². The van der Waals surface area contributed by atoms with Gasteiger partial charge < -0.3 is 5.73 Å². The molecule has 0 aromatic rings. The minimum atomic E-state index is 0.478. The van der Waals surface area contributed by atoms with Gasteiger partial charge in [-0.1, -0.05) is 51.9 Å². The van der Waals surface area contributed by atoms with Crippen LogP contribution in [0.4, 0.5) is 0 Å². The van der Waals surface area contributed by atoms with Gasteiger partial charge in [-0.3, -0.25) is 0 Å². The molecular weight excluding hydrogens is 158 g/mol. The summed E-state index contributed by atoms with van der Waals surface area (Å²) in [6, 6.07) is 0.478. The summed E-state index contributed by atoms with van der Waals surface area (Å²) in [4.78, 5) is 0. The molecule has 1 nitrogen and oxygen atoms in total. The standard InChI is InChI=1S/C12H25N/c1-2-6-12(13)10-5-9-11-7-3-4-8-11/h11-12H,2-10,13H2,1H3. The number of nitrogens with two attached hydrogens (primary N) is 1. The second-order valence-electron chi connectivity index (χ2n) is 4.63. The van der Waals surface area contributed by atoms with E-state index in [4.69, 9.17) is 5.73 Å². The van der Waals surface area contributed by atoms with Crippen LogP contribution >= 0.6 is 0 Å². The van der Waals surface area contributed by atoms with E-state index in [0.717, 1.165) is 5.92 Å². The van der Waals surface area contributed by atoms with E-state index in [-0.39, 0.29) is 0 Å². The highest BCUT2D eigenvalue weighted by Gasteiger charge is 2.14. The van der Waals surface area contributed by atoms with Gasteiger partial charge in [0.1, 0.15) is 0 Å². The van der Waals surface area contributed by atoms with Gasteiger partial charge in [-0.15, -0.1) is 0 Å². The lowest BCUT2D eigenvalue weighted by molar-refractivity contribution is 0.443. The molecule has 0 heterocycles. The number of rotatable bonds is 6. The Morgan fingerprint density at radius 1 is 1.23 bits per heavy atom. The minimum absolute atomic E-state index is 0.478. The molecule has 0 radical (unpaired) electrons. The molecule has 0 saturated heterocycles. The van der Waals surface area contributed by atoms with Crippen LogP contribution in [0.25, 0.3) is 0 Å². The van der Waals surface area contributed by atoms with Crippen LogP contribution in [0.1, 0.15) is 64.7 Å². The number of hydrogen-bond donors (Lipinski definition) is 1. The third-order valence-electron chi connectivity index (χ3n) is 3.32. The second kappa shape index (κ2) is 6.42. The molecule has 1 aliphatic rings. The Morgan fingerprint density at radius 2 is 1.92 bits per heavy atom. The fraction of sp³-hybridized carbons (Fsp3) is 1.00. The predicted molar refractivity (Wildman–Crippen MR) is 58.7 cm³/mol. The summed E-state index contributed by atoms with van der Waals surface area (Å²) in [5.74, 6) is 1.05. The van der Waals surface area contributed by atoms with Gasteiger partial charge in [0.25, 0.3) is 0 Å². The molecule has 13 heavy (non-hydrogen) atoms. The normalized spacial score (nSPS) is 20.8. The van der Waals surface area contributed by atoms with Crippen molar-refractivity contribution in [2.75, 3.05) is 0 Å². The van der Waals surface area contributed by atoms with Gasteiger partial charge in [0.05, 0.1) is 0 Å². The van der Waals surface area contributed by atoms with Crippen LogP contribution < -0.4 is 5.73 Å². The zero-order valence-corrected chi connectivity index (χ0v) is 9.10. The van der Waals surface area contributed by atoms with Gasteiger partial charge in [0.15, 0.2) is 0 Å². The van der Waals surface area contributed by atoms with Crippen molar-refractivity contribution >= 4 is 0 Å². The molecule has 0 aromatic carbocycles. The van der Waals surface area contributed by atoms with Gasteiger partial charge in [-0.2, -0.15) is 0 Å². The van der Waals surface area contributed by atoms with Crippen LogP contribution in [-0.2, 0) is 0 Å². The molecule has 1 unspecified atom stereocenters. The van der Waals surface area contributed by atoms with E-state index in [0.29, 0.717) is 6.04 Å². The monoisotopic (exact) mass is 183 g/mol. The van der Waals surface area contributed by atoms with E-state index in [1.807, 2.05) is 0 Å². The highest BCUT2D eigenvalue weighted by Crippen LogP contribution is 2.29. The average molecular weight is 183 g/mol. The molecule has 78 valence electrons. The molecule has 0 bridgehead atoms. The Labute approximate surface area is 83.1 Å². The zero-order valence-electron chi connectivity index (χ0n) is 9.10. The molecule has 1 rings (SSSR count). The summed E-state index contributed by atoms with van der Waals surface area (Å²) < 4.78 is 0. The largest absolute Gasteiger partial charge is 0.328 e. The molecule has 0 aromatic heterocycles. The Bertz CT molecular complexity index is 116. The summed E-state index contributed by atoms with van der Waals surface area (Å²) in [5, 5.41) is 0. The molecule has 1 atom stereocenters. The fourth-order valence-corrected chi connectivity index (χ4v) is 2.48. The van der Waals surface area contributed by atoms with Crippen molar-refractivity contribution in [3.05, 3.63) is 0 Å². The van der Waals surface area contributed by atoms with Crippen molar-refractivity contribution in [3.8, 4) is 0 Å². The van der Waals surface area contributed by atoms with E-state index in [1.54, 1.807) is 0 Å². The van der Waals surface area contributed by atoms with Crippen LogP contribution in [0.2, 0.25) is 0 Å². The minimum Gasteiger partial charge on any atom is -0.328 e. The van der Waals surface area contributed by atoms with E-state index in [2.05, 4.69) is 6.92 Å². The van der Waals surface area contributed by atoms with Gasteiger partial charge >= 0.3 is 0 Å². The first-order valence-corrected chi connectivity index (χ1v) is 6.08. The van der Waals surface area contributed by atoms with E-state index in [9.17, 15) is 0 Å². The summed E-state index contributed by atoms with van der Waals surface area (Å²) in [5.41, 5.74) is 5.97. The molecule has 1 aliphatic carbocycles. The maximum atomic E-state index is 5.97. The van der Waals surface area contributed by atoms with Crippen molar-refractivity contribution in [3.63, 3.8) is 0 Å². The first kappa shape index (κ1) is 11.0. The quantitative estimate of drug-likeness (QED) is 0.670. The lowest BCUT2D eigenvalue weighted by Crippen LogP contribution is -2.19. The topological polar surface area (TPSA) is 26.0 Å². The average Bonchev–Trinajstić information content (AvgIpc) is 2.57. The van der Waals surface area contributed by atoms with Crippen LogP contribution in [0.15, 0.2) is 0 Å². The molecule has 0 spiro atoms. The maximum absolute atomic E-state index is 5.97. The molecule has 1 heteroatoms.